The van der Waals surface area contributed by atoms with Crippen LogP contribution < -0.4 is 10.1 Å². The Labute approximate surface area is 130 Å². The van der Waals surface area contributed by atoms with Crippen molar-refractivity contribution in [3.05, 3.63) is 52.1 Å². The van der Waals surface area contributed by atoms with E-state index in [0.717, 1.165) is 24.7 Å². The van der Waals surface area contributed by atoms with Gasteiger partial charge in [0.05, 0.1) is 5.69 Å². The van der Waals surface area contributed by atoms with Crippen LogP contribution in [0.1, 0.15) is 19.0 Å². The fraction of sp³-hybridized carbons (Fsp3) is 0.267. The molecular formula is C15H15BrF2N2O. The summed E-state index contributed by atoms with van der Waals surface area (Å²) in [4.78, 5) is 4.25. The molecule has 0 amide bonds. The van der Waals surface area contributed by atoms with Crippen molar-refractivity contribution in [3.8, 4) is 11.6 Å². The molecular weight excluding hydrogens is 342 g/mol. The van der Waals surface area contributed by atoms with Crippen LogP contribution >= 0.6 is 15.9 Å². The topological polar surface area (TPSA) is 34.1 Å². The number of hydrogen-bond donors (Lipinski definition) is 1. The number of ether oxygens (including phenoxy) is 1. The standard InChI is InChI=1S/C15H15BrF2N2O/c1-2-6-19-9-11-4-3-5-14(20-11)21-13-8-10(16)7-12(17)15(13)18/h3-5,7-8,19H,2,6,9H2,1H3. The van der Waals surface area contributed by atoms with Crippen LogP contribution in [0, 0.1) is 11.6 Å². The van der Waals surface area contributed by atoms with E-state index in [1.165, 1.54) is 6.07 Å². The normalized spacial score (nSPS) is 10.7. The molecule has 1 aromatic heterocycles. The smallest absolute Gasteiger partial charge is 0.219 e. The SMILES string of the molecule is CCCNCc1cccc(Oc2cc(Br)cc(F)c2F)n1. The summed E-state index contributed by atoms with van der Waals surface area (Å²) in [6.07, 6.45) is 1.03. The molecule has 2 aromatic rings. The number of hydrogen-bond acceptors (Lipinski definition) is 3. The maximum absolute atomic E-state index is 13.7. The van der Waals surface area contributed by atoms with Gasteiger partial charge in [-0.3, -0.25) is 0 Å². The van der Waals surface area contributed by atoms with Crippen molar-refractivity contribution in [1.82, 2.24) is 10.3 Å². The Bertz CT molecular complexity index is 623. The number of nitrogens with zero attached hydrogens (tertiary/aromatic N) is 1. The maximum atomic E-state index is 13.7. The van der Waals surface area contributed by atoms with Gasteiger partial charge >= 0.3 is 0 Å². The monoisotopic (exact) mass is 356 g/mol. The number of nitrogens with one attached hydrogen (secondary N) is 1. The second-order valence-corrected chi connectivity index (χ2v) is 5.36. The van der Waals surface area contributed by atoms with Gasteiger partial charge in [0.25, 0.3) is 0 Å². The summed E-state index contributed by atoms with van der Waals surface area (Å²) in [6, 6.07) is 7.61. The average molecular weight is 357 g/mol. The Morgan fingerprint density at radius 2 is 2.10 bits per heavy atom. The molecule has 0 fully saturated rings. The summed E-state index contributed by atoms with van der Waals surface area (Å²) in [7, 11) is 0. The van der Waals surface area contributed by atoms with Gasteiger partial charge in [-0.1, -0.05) is 28.9 Å². The first-order valence-electron chi connectivity index (χ1n) is 6.59. The predicted octanol–water partition coefficient (Wildman–Crippen LogP) is 4.41. The average Bonchev–Trinajstić information content (AvgIpc) is 2.45. The highest BCUT2D eigenvalue weighted by molar-refractivity contribution is 9.10. The van der Waals surface area contributed by atoms with Crippen molar-refractivity contribution in [3.63, 3.8) is 0 Å². The number of rotatable bonds is 6. The summed E-state index contributed by atoms with van der Waals surface area (Å²) in [5.74, 6) is -1.98. The van der Waals surface area contributed by atoms with Crippen LogP contribution in [0.5, 0.6) is 11.6 Å². The molecule has 1 heterocycles. The first-order chi connectivity index (χ1) is 10.1. The Morgan fingerprint density at radius 1 is 1.29 bits per heavy atom. The van der Waals surface area contributed by atoms with Gasteiger partial charge in [-0.25, -0.2) is 9.37 Å². The van der Waals surface area contributed by atoms with Gasteiger partial charge in [0.15, 0.2) is 11.6 Å². The Morgan fingerprint density at radius 3 is 2.86 bits per heavy atom. The molecule has 0 spiro atoms. The van der Waals surface area contributed by atoms with Gasteiger partial charge in [0.1, 0.15) is 0 Å². The number of pyridine rings is 1. The van der Waals surface area contributed by atoms with E-state index in [2.05, 4.69) is 33.2 Å². The zero-order valence-corrected chi connectivity index (χ0v) is 13.1. The molecule has 0 aliphatic rings. The van der Waals surface area contributed by atoms with Crippen LogP contribution in [-0.4, -0.2) is 11.5 Å². The molecule has 0 atom stereocenters. The van der Waals surface area contributed by atoms with Gasteiger partial charge in [0, 0.05) is 17.1 Å². The van der Waals surface area contributed by atoms with Crippen molar-refractivity contribution < 1.29 is 13.5 Å². The van der Waals surface area contributed by atoms with Crippen LogP contribution in [-0.2, 0) is 6.54 Å². The van der Waals surface area contributed by atoms with E-state index in [4.69, 9.17) is 4.74 Å². The molecule has 1 aromatic carbocycles. The molecule has 21 heavy (non-hydrogen) atoms. The van der Waals surface area contributed by atoms with E-state index < -0.39 is 11.6 Å². The van der Waals surface area contributed by atoms with E-state index >= 15 is 0 Å². The molecule has 2 rings (SSSR count). The molecule has 0 saturated carbocycles. The van der Waals surface area contributed by atoms with E-state index in [1.54, 1.807) is 12.1 Å². The Hall–Kier alpha value is -1.53. The van der Waals surface area contributed by atoms with Gasteiger partial charge in [0.2, 0.25) is 11.7 Å². The van der Waals surface area contributed by atoms with Crippen molar-refractivity contribution in [2.75, 3.05) is 6.54 Å². The zero-order valence-electron chi connectivity index (χ0n) is 11.5. The fourth-order valence-corrected chi connectivity index (χ4v) is 2.13. The summed E-state index contributed by atoms with van der Waals surface area (Å²) < 4.78 is 32.7. The van der Waals surface area contributed by atoms with Crippen LogP contribution in [0.15, 0.2) is 34.8 Å². The van der Waals surface area contributed by atoms with Gasteiger partial charge < -0.3 is 10.1 Å². The first kappa shape index (κ1) is 15.9. The van der Waals surface area contributed by atoms with Gasteiger partial charge in [-0.15, -0.1) is 0 Å². The number of halogens is 3. The molecule has 112 valence electrons. The Kier molecular flexibility index (Phi) is 5.64. The van der Waals surface area contributed by atoms with Crippen LogP contribution in [0.25, 0.3) is 0 Å². The summed E-state index contributed by atoms with van der Waals surface area (Å²) >= 11 is 3.10. The number of aromatic nitrogens is 1. The molecule has 0 radical (unpaired) electrons. The van der Waals surface area contributed by atoms with E-state index in [-0.39, 0.29) is 11.6 Å². The third-order valence-electron chi connectivity index (χ3n) is 2.69. The minimum atomic E-state index is -1.03. The molecule has 0 unspecified atom stereocenters. The summed E-state index contributed by atoms with van der Waals surface area (Å²) in [5.41, 5.74) is 0.775. The highest BCUT2D eigenvalue weighted by Gasteiger charge is 2.12. The minimum absolute atomic E-state index is 0.201. The first-order valence-corrected chi connectivity index (χ1v) is 7.38. The molecule has 0 bridgehead atoms. The van der Waals surface area contributed by atoms with Crippen molar-refractivity contribution in [2.24, 2.45) is 0 Å². The maximum Gasteiger partial charge on any atom is 0.219 e. The molecule has 0 saturated heterocycles. The molecule has 0 aliphatic carbocycles. The van der Waals surface area contributed by atoms with Crippen LogP contribution in [0.2, 0.25) is 0 Å². The van der Waals surface area contributed by atoms with Crippen molar-refractivity contribution >= 4 is 15.9 Å². The Balaban J connectivity index is 2.14. The number of benzene rings is 1. The van der Waals surface area contributed by atoms with Crippen LogP contribution in [0.3, 0.4) is 0 Å². The summed E-state index contributed by atoms with van der Waals surface area (Å²) in [6.45, 7) is 3.56. The summed E-state index contributed by atoms with van der Waals surface area (Å²) in [5, 5.41) is 3.21. The second-order valence-electron chi connectivity index (χ2n) is 4.45. The highest BCUT2D eigenvalue weighted by Crippen LogP contribution is 2.28. The van der Waals surface area contributed by atoms with E-state index in [0.29, 0.717) is 11.0 Å². The lowest BCUT2D eigenvalue weighted by Gasteiger charge is -2.09. The lowest BCUT2D eigenvalue weighted by molar-refractivity contribution is 0.403. The van der Waals surface area contributed by atoms with E-state index in [9.17, 15) is 8.78 Å². The second kappa shape index (κ2) is 7.47. The van der Waals surface area contributed by atoms with Gasteiger partial charge in [-0.2, -0.15) is 4.39 Å². The van der Waals surface area contributed by atoms with Crippen molar-refractivity contribution in [1.29, 1.82) is 0 Å². The van der Waals surface area contributed by atoms with Crippen LogP contribution in [0.4, 0.5) is 8.78 Å². The largest absolute Gasteiger partial charge is 0.436 e. The molecule has 6 heteroatoms. The predicted molar refractivity (Wildman–Crippen MR) is 80.4 cm³/mol. The molecule has 1 N–H and O–H groups in total. The lowest BCUT2D eigenvalue weighted by Crippen LogP contribution is -2.14. The molecule has 0 aliphatic heterocycles. The zero-order chi connectivity index (χ0) is 15.2. The third kappa shape index (κ3) is 4.47. The fourth-order valence-electron chi connectivity index (χ4n) is 1.73. The molecule has 3 nitrogen and oxygen atoms in total. The minimum Gasteiger partial charge on any atom is -0.436 e. The van der Waals surface area contributed by atoms with E-state index in [1.807, 2.05) is 6.07 Å². The van der Waals surface area contributed by atoms with Gasteiger partial charge in [-0.05, 0) is 31.2 Å². The highest BCUT2D eigenvalue weighted by atomic mass is 79.9. The third-order valence-corrected chi connectivity index (χ3v) is 3.15. The lowest BCUT2D eigenvalue weighted by atomic mass is 10.3. The quantitative estimate of drug-likeness (QED) is 0.614. The van der Waals surface area contributed by atoms with Crippen molar-refractivity contribution in [2.45, 2.75) is 19.9 Å².